The summed E-state index contributed by atoms with van der Waals surface area (Å²) in [5.74, 6) is 0. The number of hydrogen-bond acceptors (Lipinski definition) is 2. The van der Waals surface area contributed by atoms with E-state index in [1.54, 1.807) is 0 Å². The van der Waals surface area contributed by atoms with Crippen LogP contribution in [0.25, 0.3) is 22.5 Å². The molecular formula is C21H25N3. The minimum Gasteiger partial charge on any atom is -0.330 e. The van der Waals surface area contributed by atoms with Gasteiger partial charge in [-0.3, -0.25) is 0 Å². The summed E-state index contributed by atoms with van der Waals surface area (Å²) in [4.78, 5) is 7.07. The lowest BCUT2D eigenvalue weighted by atomic mass is 10.0. The second kappa shape index (κ2) is 7.93. The first-order chi connectivity index (χ1) is 11.8. The smallest absolute Gasteiger partial charge is 0.0963 e. The zero-order valence-corrected chi connectivity index (χ0v) is 14.5. The molecule has 0 spiro atoms. The molecule has 0 saturated carbocycles. The van der Waals surface area contributed by atoms with Gasteiger partial charge in [-0.15, -0.1) is 0 Å². The Balaban J connectivity index is 1.93. The lowest BCUT2D eigenvalue weighted by Crippen LogP contribution is -2.20. The fourth-order valence-corrected chi connectivity index (χ4v) is 2.93. The molecule has 3 nitrogen and oxygen atoms in total. The minimum absolute atomic E-state index is 0.981. The Labute approximate surface area is 144 Å². The van der Waals surface area contributed by atoms with Gasteiger partial charge in [0.15, 0.2) is 0 Å². The van der Waals surface area contributed by atoms with Crippen molar-refractivity contribution in [1.82, 2.24) is 14.5 Å². The molecule has 0 atom stereocenters. The topological polar surface area (TPSA) is 21.1 Å². The monoisotopic (exact) mass is 319 g/mol. The Morgan fingerprint density at radius 3 is 2.17 bits per heavy atom. The molecule has 0 fully saturated rings. The standard InChI is InChI=1S/C21H25N3/c1-3-23(2)15-10-16-24-17-22-20(18-11-6-4-7-12-18)21(24)19-13-8-5-9-14-19/h4-9,11-14,17H,3,10,15-16H2,1-2H3. The molecule has 3 rings (SSSR count). The Kier molecular flexibility index (Phi) is 5.44. The van der Waals surface area contributed by atoms with Gasteiger partial charge in [0.05, 0.1) is 17.7 Å². The van der Waals surface area contributed by atoms with Crippen LogP contribution in [-0.2, 0) is 6.54 Å². The molecule has 0 saturated heterocycles. The molecule has 0 radical (unpaired) electrons. The van der Waals surface area contributed by atoms with Crippen molar-refractivity contribution < 1.29 is 0 Å². The van der Waals surface area contributed by atoms with E-state index in [4.69, 9.17) is 4.98 Å². The summed E-state index contributed by atoms with van der Waals surface area (Å²) in [7, 11) is 2.17. The first kappa shape index (κ1) is 16.5. The van der Waals surface area contributed by atoms with E-state index >= 15 is 0 Å². The molecule has 124 valence electrons. The number of nitrogens with zero attached hydrogens (tertiary/aromatic N) is 3. The van der Waals surface area contributed by atoms with Gasteiger partial charge in [0.1, 0.15) is 0 Å². The van der Waals surface area contributed by atoms with Crippen LogP contribution in [-0.4, -0.2) is 34.6 Å². The fourth-order valence-electron chi connectivity index (χ4n) is 2.93. The first-order valence-electron chi connectivity index (χ1n) is 8.64. The molecule has 0 bridgehead atoms. The normalized spacial score (nSPS) is 11.1. The maximum absolute atomic E-state index is 4.73. The third-order valence-corrected chi connectivity index (χ3v) is 4.41. The summed E-state index contributed by atoms with van der Waals surface area (Å²) in [5.41, 5.74) is 4.66. The second-order valence-electron chi connectivity index (χ2n) is 6.12. The van der Waals surface area contributed by atoms with Crippen LogP contribution in [0.3, 0.4) is 0 Å². The number of aryl methyl sites for hydroxylation is 1. The van der Waals surface area contributed by atoms with Gasteiger partial charge in [-0.25, -0.2) is 4.98 Å². The summed E-state index contributed by atoms with van der Waals surface area (Å²) in [6.45, 7) is 5.36. The van der Waals surface area contributed by atoms with Crippen LogP contribution < -0.4 is 0 Å². The maximum Gasteiger partial charge on any atom is 0.0963 e. The van der Waals surface area contributed by atoms with Crippen LogP contribution in [0.5, 0.6) is 0 Å². The Bertz CT molecular complexity index is 747. The molecule has 0 N–H and O–H groups in total. The first-order valence-corrected chi connectivity index (χ1v) is 8.64. The van der Waals surface area contributed by atoms with Gasteiger partial charge in [0.25, 0.3) is 0 Å². The van der Waals surface area contributed by atoms with Crippen molar-refractivity contribution in [2.75, 3.05) is 20.1 Å². The van der Waals surface area contributed by atoms with Crippen LogP contribution in [0, 0.1) is 0 Å². The van der Waals surface area contributed by atoms with E-state index in [1.807, 2.05) is 12.4 Å². The van der Waals surface area contributed by atoms with Crippen LogP contribution in [0.15, 0.2) is 67.0 Å². The minimum atomic E-state index is 0.981. The summed E-state index contributed by atoms with van der Waals surface area (Å²) >= 11 is 0. The zero-order chi connectivity index (χ0) is 16.8. The van der Waals surface area contributed by atoms with Crippen molar-refractivity contribution in [2.24, 2.45) is 0 Å². The van der Waals surface area contributed by atoms with Crippen LogP contribution >= 0.6 is 0 Å². The molecule has 0 aliphatic carbocycles. The van der Waals surface area contributed by atoms with Crippen LogP contribution in [0.1, 0.15) is 13.3 Å². The number of aromatic nitrogens is 2. The number of hydrogen-bond donors (Lipinski definition) is 0. The third kappa shape index (κ3) is 3.74. The molecule has 0 aliphatic heterocycles. The van der Waals surface area contributed by atoms with Crippen molar-refractivity contribution in [3.8, 4) is 22.5 Å². The van der Waals surface area contributed by atoms with Gasteiger partial charge in [-0.2, -0.15) is 0 Å². The molecule has 0 amide bonds. The van der Waals surface area contributed by atoms with Gasteiger partial charge in [0, 0.05) is 17.7 Å². The van der Waals surface area contributed by atoms with Gasteiger partial charge >= 0.3 is 0 Å². The second-order valence-corrected chi connectivity index (χ2v) is 6.12. The Hall–Kier alpha value is -2.39. The zero-order valence-electron chi connectivity index (χ0n) is 14.5. The highest BCUT2D eigenvalue weighted by atomic mass is 15.1. The highest BCUT2D eigenvalue weighted by molar-refractivity contribution is 5.78. The molecule has 2 aromatic carbocycles. The van der Waals surface area contributed by atoms with Crippen LogP contribution in [0.4, 0.5) is 0 Å². The maximum atomic E-state index is 4.73. The summed E-state index contributed by atoms with van der Waals surface area (Å²) < 4.78 is 2.29. The van der Waals surface area contributed by atoms with Gasteiger partial charge in [-0.1, -0.05) is 67.6 Å². The quantitative estimate of drug-likeness (QED) is 0.636. The number of benzene rings is 2. The van der Waals surface area contributed by atoms with Crippen molar-refractivity contribution in [3.63, 3.8) is 0 Å². The predicted octanol–water partition coefficient (Wildman–Crippen LogP) is 4.56. The number of rotatable bonds is 7. The number of imidazole rings is 1. The van der Waals surface area contributed by atoms with E-state index in [9.17, 15) is 0 Å². The molecule has 1 heterocycles. The van der Waals surface area contributed by atoms with Crippen molar-refractivity contribution in [3.05, 3.63) is 67.0 Å². The largest absolute Gasteiger partial charge is 0.330 e. The van der Waals surface area contributed by atoms with E-state index in [0.29, 0.717) is 0 Å². The summed E-state index contributed by atoms with van der Waals surface area (Å²) in [6, 6.07) is 21.0. The Morgan fingerprint density at radius 2 is 1.54 bits per heavy atom. The molecule has 0 aliphatic rings. The average Bonchev–Trinajstić information content (AvgIpc) is 3.07. The van der Waals surface area contributed by atoms with E-state index < -0.39 is 0 Å². The van der Waals surface area contributed by atoms with Crippen molar-refractivity contribution >= 4 is 0 Å². The molecule has 3 aromatic rings. The van der Waals surface area contributed by atoms with E-state index in [1.165, 1.54) is 16.8 Å². The fraction of sp³-hybridized carbons (Fsp3) is 0.286. The van der Waals surface area contributed by atoms with Crippen molar-refractivity contribution in [2.45, 2.75) is 19.9 Å². The predicted molar refractivity (Wildman–Crippen MR) is 101 cm³/mol. The van der Waals surface area contributed by atoms with Gasteiger partial charge in [-0.05, 0) is 26.6 Å². The highest BCUT2D eigenvalue weighted by Gasteiger charge is 2.14. The molecule has 24 heavy (non-hydrogen) atoms. The molecular weight excluding hydrogens is 294 g/mol. The van der Waals surface area contributed by atoms with Gasteiger partial charge in [0.2, 0.25) is 0 Å². The lowest BCUT2D eigenvalue weighted by molar-refractivity contribution is 0.338. The van der Waals surface area contributed by atoms with Crippen LogP contribution in [0.2, 0.25) is 0 Å². The highest BCUT2D eigenvalue weighted by Crippen LogP contribution is 2.31. The average molecular weight is 319 g/mol. The third-order valence-electron chi connectivity index (χ3n) is 4.41. The summed E-state index contributed by atoms with van der Waals surface area (Å²) in [5, 5.41) is 0. The van der Waals surface area contributed by atoms with Gasteiger partial charge < -0.3 is 9.47 Å². The molecule has 3 heteroatoms. The molecule has 1 aromatic heterocycles. The Morgan fingerprint density at radius 1 is 0.917 bits per heavy atom. The van der Waals surface area contributed by atoms with E-state index in [0.717, 1.165) is 31.7 Å². The SMILES string of the molecule is CCN(C)CCCn1cnc(-c2ccccc2)c1-c1ccccc1. The van der Waals surface area contributed by atoms with E-state index in [2.05, 4.69) is 78.0 Å². The molecule has 0 unspecified atom stereocenters. The summed E-state index contributed by atoms with van der Waals surface area (Å²) in [6.07, 6.45) is 3.10. The van der Waals surface area contributed by atoms with Crippen molar-refractivity contribution in [1.29, 1.82) is 0 Å². The van der Waals surface area contributed by atoms with E-state index in [-0.39, 0.29) is 0 Å². The lowest BCUT2D eigenvalue weighted by Gasteiger charge is -2.15.